The molecule has 3 heteroatoms. The standard InChI is InChI=1S/C5H7NOS.2C2H6/c1-4-6-5(2-7)3-8-4;2*1-2/h3,7H,2H2,1H3;2*1-2H3. The van der Waals surface area contributed by atoms with Gasteiger partial charge < -0.3 is 5.11 Å². The summed E-state index contributed by atoms with van der Waals surface area (Å²) in [5.41, 5.74) is 0.771. The second-order valence-corrected chi connectivity index (χ2v) is 2.58. The second kappa shape index (κ2) is 10.6. The quantitative estimate of drug-likeness (QED) is 0.736. The summed E-state index contributed by atoms with van der Waals surface area (Å²) in [6.45, 7) is 9.98. The first-order valence-electron chi connectivity index (χ1n) is 4.35. The van der Waals surface area contributed by atoms with E-state index in [1.165, 1.54) is 0 Å². The lowest BCUT2D eigenvalue weighted by molar-refractivity contribution is 0.277. The number of aryl methyl sites for hydroxylation is 1. The van der Waals surface area contributed by atoms with Gasteiger partial charge >= 0.3 is 0 Å². The summed E-state index contributed by atoms with van der Waals surface area (Å²) in [7, 11) is 0. The van der Waals surface area contributed by atoms with Crippen molar-refractivity contribution in [1.29, 1.82) is 0 Å². The van der Waals surface area contributed by atoms with Crippen LogP contribution in [0.15, 0.2) is 5.38 Å². The first-order valence-corrected chi connectivity index (χ1v) is 5.23. The molecule has 1 aromatic rings. The van der Waals surface area contributed by atoms with Crippen molar-refractivity contribution >= 4 is 11.3 Å². The third-order valence-electron chi connectivity index (χ3n) is 0.829. The summed E-state index contributed by atoms with van der Waals surface area (Å²) < 4.78 is 0. The predicted octanol–water partition coefficient (Wildman–Crippen LogP) is 3.00. The molecule has 1 heterocycles. The van der Waals surface area contributed by atoms with Crippen LogP contribution in [-0.2, 0) is 6.61 Å². The van der Waals surface area contributed by atoms with Crippen LogP contribution in [0.1, 0.15) is 38.4 Å². The third kappa shape index (κ3) is 6.31. The van der Waals surface area contributed by atoms with E-state index in [-0.39, 0.29) is 6.61 Å². The van der Waals surface area contributed by atoms with Crippen LogP contribution in [0.25, 0.3) is 0 Å². The number of aliphatic hydroxyl groups excluding tert-OH is 1. The predicted molar refractivity (Wildman–Crippen MR) is 55.5 cm³/mol. The zero-order valence-corrected chi connectivity index (χ0v) is 9.40. The molecular weight excluding hydrogens is 170 g/mol. The zero-order chi connectivity index (χ0) is 9.98. The van der Waals surface area contributed by atoms with Gasteiger partial charge in [-0.25, -0.2) is 4.98 Å². The molecule has 0 aliphatic carbocycles. The Bertz CT molecular complexity index is 175. The highest BCUT2D eigenvalue weighted by atomic mass is 32.1. The summed E-state index contributed by atoms with van der Waals surface area (Å²) >= 11 is 1.56. The van der Waals surface area contributed by atoms with Gasteiger partial charge in [0.1, 0.15) is 0 Å². The summed E-state index contributed by atoms with van der Waals surface area (Å²) in [5, 5.41) is 11.4. The highest BCUT2D eigenvalue weighted by Crippen LogP contribution is 2.06. The molecule has 0 fully saturated rings. The summed E-state index contributed by atoms with van der Waals surface area (Å²) in [4.78, 5) is 4.00. The molecule has 1 aromatic heterocycles. The van der Waals surface area contributed by atoms with Crippen LogP contribution in [0.5, 0.6) is 0 Å². The van der Waals surface area contributed by atoms with Crippen LogP contribution in [0, 0.1) is 6.92 Å². The second-order valence-electron chi connectivity index (χ2n) is 1.52. The van der Waals surface area contributed by atoms with E-state index >= 15 is 0 Å². The molecule has 1 rings (SSSR count). The lowest BCUT2D eigenvalue weighted by Crippen LogP contribution is -1.80. The van der Waals surface area contributed by atoms with Gasteiger partial charge in [0.2, 0.25) is 0 Å². The number of nitrogens with zero attached hydrogens (tertiary/aromatic N) is 1. The van der Waals surface area contributed by atoms with Crippen LogP contribution in [0.2, 0.25) is 0 Å². The molecule has 0 aliphatic heterocycles. The average molecular weight is 189 g/mol. The number of rotatable bonds is 1. The first-order chi connectivity index (χ1) is 5.83. The van der Waals surface area contributed by atoms with E-state index in [0.29, 0.717) is 0 Å². The molecule has 0 unspecified atom stereocenters. The van der Waals surface area contributed by atoms with Gasteiger partial charge in [-0.15, -0.1) is 11.3 Å². The number of hydrogen-bond donors (Lipinski definition) is 1. The van der Waals surface area contributed by atoms with Gasteiger partial charge in [0, 0.05) is 5.38 Å². The fraction of sp³-hybridized carbons (Fsp3) is 0.667. The molecular formula is C9H19NOS. The van der Waals surface area contributed by atoms with Crippen molar-refractivity contribution in [2.45, 2.75) is 41.2 Å². The van der Waals surface area contributed by atoms with Gasteiger partial charge in [-0.3, -0.25) is 0 Å². The summed E-state index contributed by atoms with van der Waals surface area (Å²) in [6.07, 6.45) is 0. The number of aromatic nitrogens is 1. The maximum Gasteiger partial charge on any atom is 0.0898 e. The van der Waals surface area contributed by atoms with Crippen molar-refractivity contribution in [2.75, 3.05) is 0 Å². The molecule has 72 valence electrons. The maximum atomic E-state index is 8.50. The highest BCUT2D eigenvalue weighted by Gasteiger charge is 1.92. The lowest BCUT2D eigenvalue weighted by Gasteiger charge is -1.79. The fourth-order valence-corrected chi connectivity index (χ4v) is 1.08. The number of aliphatic hydroxyl groups is 1. The highest BCUT2D eigenvalue weighted by molar-refractivity contribution is 7.09. The van der Waals surface area contributed by atoms with Gasteiger partial charge in [0.15, 0.2) is 0 Å². The van der Waals surface area contributed by atoms with Crippen molar-refractivity contribution in [3.63, 3.8) is 0 Å². The van der Waals surface area contributed by atoms with Crippen LogP contribution in [0.4, 0.5) is 0 Å². The lowest BCUT2D eigenvalue weighted by atomic mass is 10.5. The van der Waals surface area contributed by atoms with E-state index in [1.54, 1.807) is 11.3 Å². The Morgan fingerprint density at radius 1 is 1.33 bits per heavy atom. The molecule has 0 spiro atoms. The van der Waals surface area contributed by atoms with E-state index in [9.17, 15) is 0 Å². The van der Waals surface area contributed by atoms with Crippen LogP contribution < -0.4 is 0 Å². The van der Waals surface area contributed by atoms with Crippen molar-refractivity contribution in [3.05, 3.63) is 16.1 Å². The minimum absolute atomic E-state index is 0.0599. The van der Waals surface area contributed by atoms with Crippen molar-refractivity contribution in [3.8, 4) is 0 Å². The van der Waals surface area contributed by atoms with E-state index in [2.05, 4.69) is 4.98 Å². The minimum atomic E-state index is 0.0599. The maximum absolute atomic E-state index is 8.50. The molecule has 0 saturated carbocycles. The Labute approximate surface area is 79.3 Å². The molecule has 0 amide bonds. The van der Waals surface area contributed by atoms with Crippen molar-refractivity contribution < 1.29 is 5.11 Å². The Morgan fingerprint density at radius 2 is 1.83 bits per heavy atom. The molecule has 1 N–H and O–H groups in total. The molecule has 0 radical (unpaired) electrons. The van der Waals surface area contributed by atoms with Crippen molar-refractivity contribution in [1.82, 2.24) is 4.98 Å². The molecule has 0 aliphatic rings. The van der Waals surface area contributed by atoms with Gasteiger partial charge in [-0.05, 0) is 6.92 Å². The summed E-state index contributed by atoms with van der Waals surface area (Å²) in [5.74, 6) is 0. The van der Waals surface area contributed by atoms with E-state index in [1.807, 2.05) is 40.0 Å². The molecule has 12 heavy (non-hydrogen) atoms. The Kier molecular flexibility index (Phi) is 12.5. The molecule has 0 atom stereocenters. The van der Waals surface area contributed by atoms with Crippen LogP contribution in [0.3, 0.4) is 0 Å². The van der Waals surface area contributed by atoms with E-state index in [4.69, 9.17) is 5.11 Å². The number of thiazole rings is 1. The Balaban J connectivity index is 0. The Hall–Kier alpha value is -0.410. The SMILES string of the molecule is CC.CC.Cc1nc(CO)cs1. The van der Waals surface area contributed by atoms with Crippen molar-refractivity contribution in [2.24, 2.45) is 0 Å². The fourth-order valence-electron chi connectivity index (χ4n) is 0.481. The first kappa shape index (κ1) is 14.1. The van der Waals surface area contributed by atoms with Crippen LogP contribution in [-0.4, -0.2) is 10.1 Å². The molecule has 0 aromatic carbocycles. The molecule has 0 bridgehead atoms. The zero-order valence-electron chi connectivity index (χ0n) is 8.59. The van der Waals surface area contributed by atoms with E-state index in [0.717, 1.165) is 10.7 Å². The Morgan fingerprint density at radius 3 is 2.00 bits per heavy atom. The van der Waals surface area contributed by atoms with Crippen LogP contribution >= 0.6 is 11.3 Å². The molecule has 2 nitrogen and oxygen atoms in total. The smallest absolute Gasteiger partial charge is 0.0898 e. The largest absolute Gasteiger partial charge is 0.390 e. The van der Waals surface area contributed by atoms with Gasteiger partial charge in [-0.2, -0.15) is 0 Å². The monoisotopic (exact) mass is 189 g/mol. The van der Waals surface area contributed by atoms with Gasteiger partial charge in [-0.1, -0.05) is 27.7 Å². The topological polar surface area (TPSA) is 33.1 Å². The number of hydrogen-bond acceptors (Lipinski definition) is 3. The third-order valence-corrected chi connectivity index (χ3v) is 1.65. The molecule has 0 saturated heterocycles. The van der Waals surface area contributed by atoms with Gasteiger partial charge in [0.25, 0.3) is 0 Å². The normalized spacial score (nSPS) is 7.50. The van der Waals surface area contributed by atoms with Gasteiger partial charge in [0.05, 0.1) is 17.3 Å². The average Bonchev–Trinajstić information content (AvgIpc) is 2.58. The summed E-state index contributed by atoms with van der Waals surface area (Å²) in [6, 6.07) is 0. The minimum Gasteiger partial charge on any atom is -0.390 e. The van der Waals surface area contributed by atoms with E-state index < -0.39 is 0 Å².